The topological polar surface area (TPSA) is 59.8 Å². The first-order valence-corrected chi connectivity index (χ1v) is 8.42. The monoisotopic (exact) mass is 334 g/mol. The van der Waals surface area contributed by atoms with Crippen molar-refractivity contribution in [3.8, 4) is 11.1 Å². The molecule has 3 aromatic rings. The van der Waals surface area contributed by atoms with Crippen molar-refractivity contribution in [1.29, 1.82) is 0 Å². The minimum Gasteiger partial charge on any atom is -0.352 e. The lowest BCUT2D eigenvalue weighted by molar-refractivity contribution is 0.0952. The lowest BCUT2D eigenvalue weighted by atomic mass is 10.0. The molecule has 0 saturated carbocycles. The van der Waals surface area contributed by atoms with Gasteiger partial charge in [-0.3, -0.25) is 14.5 Å². The summed E-state index contributed by atoms with van der Waals surface area (Å²) in [5, 5.41) is 7.19. The van der Waals surface area contributed by atoms with Crippen LogP contribution in [0.5, 0.6) is 0 Å². The van der Waals surface area contributed by atoms with Gasteiger partial charge in [0.25, 0.3) is 5.91 Å². The van der Waals surface area contributed by atoms with E-state index < -0.39 is 0 Å². The molecule has 1 N–H and O–H groups in total. The van der Waals surface area contributed by atoms with E-state index in [-0.39, 0.29) is 5.91 Å². The number of aromatic nitrogens is 3. The Hall–Kier alpha value is -2.95. The van der Waals surface area contributed by atoms with Crippen molar-refractivity contribution in [1.82, 2.24) is 20.1 Å². The Labute approximate surface area is 147 Å². The zero-order valence-electron chi connectivity index (χ0n) is 14.6. The van der Waals surface area contributed by atoms with Crippen LogP contribution in [0.3, 0.4) is 0 Å². The van der Waals surface area contributed by atoms with Crippen LogP contribution in [0.25, 0.3) is 11.1 Å². The van der Waals surface area contributed by atoms with Crippen LogP contribution in [0.4, 0.5) is 0 Å². The fourth-order valence-electron chi connectivity index (χ4n) is 2.73. The summed E-state index contributed by atoms with van der Waals surface area (Å²) in [4.78, 5) is 16.3. The maximum atomic E-state index is 12.2. The largest absolute Gasteiger partial charge is 0.352 e. The van der Waals surface area contributed by atoms with E-state index in [9.17, 15) is 4.79 Å². The van der Waals surface area contributed by atoms with E-state index in [1.165, 1.54) is 0 Å². The fraction of sp³-hybridized carbons (Fsp3) is 0.250. The zero-order chi connectivity index (χ0) is 17.6. The van der Waals surface area contributed by atoms with Crippen LogP contribution in [0.1, 0.15) is 27.9 Å². The average molecular weight is 334 g/mol. The molecule has 0 fully saturated rings. The quantitative estimate of drug-likeness (QED) is 0.703. The second-order valence-electron chi connectivity index (χ2n) is 6.16. The van der Waals surface area contributed by atoms with Gasteiger partial charge in [-0.2, -0.15) is 5.10 Å². The van der Waals surface area contributed by atoms with Crippen molar-refractivity contribution < 1.29 is 4.79 Å². The summed E-state index contributed by atoms with van der Waals surface area (Å²) in [5.74, 6) is -0.0466. The summed E-state index contributed by atoms with van der Waals surface area (Å²) in [6.45, 7) is 5.48. The minimum absolute atomic E-state index is 0.0466. The second-order valence-corrected chi connectivity index (χ2v) is 6.16. The third-order valence-corrected chi connectivity index (χ3v) is 4.09. The normalized spacial score (nSPS) is 10.6. The maximum Gasteiger partial charge on any atom is 0.251 e. The molecular weight excluding hydrogens is 312 g/mol. The van der Waals surface area contributed by atoms with Gasteiger partial charge in [0.2, 0.25) is 0 Å². The summed E-state index contributed by atoms with van der Waals surface area (Å²) in [6.07, 6.45) is 8.31. The van der Waals surface area contributed by atoms with Crippen molar-refractivity contribution in [2.75, 3.05) is 6.54 Å². The summed E-state index contributed by atoms with van der Waals surface area (Å²) < 4.78 is 1.90. The van der Waals surface area contributed by atoms with Crippen LogP contribution in [0, 0.1) is 13.8 Å². The highest BCUT2D eigenvalue weighted by Crippen LogP contribution is 2.22. The van der Waals surface area contributed by atoms with Crippen LogP contribution in [0.15, 0.2) is 55.1 Å². The molecule has 5 nitrogen and oxygen atoms in total. The summed E-state index contributed by atoms with van der Waals surface area (Å²) in [5.41, 5.74) is 5.16. The fourth-order valence-corrected chi connectivity index (χ4v) is 2.73. The Morgan fingerprint density at radius 2 is 1.92 bits per heavy atom. The van der Waals surface area contributed by atoms with E-state index in [4.69, 9.17) is 0 Å². The Balaban J connectivity index is 1.53. The molecular formula is C20H22N4O. The van der Waals surface area contributed by atoms with Crippen LogP contribution in [0.2, 0.25) is 0 Å². The average Bonchev–Trinajstić information content (AvgIpc) is 3.04. The van der Waals surface area contributed by atoms with Crippen molar-refractivity contribution >= 4 is 5.91 Å². The molecule has 0 bridgehead atoms. The maximum absolute atomic E-state index is 12.2. The van der Waals surface area contributed by atoms with E-state index in [1.54, 1.807) is 6.20 Å². The number of aryl methyl sites for hydroxylation is 3. The van der Waals surface area contributed by atoms with Crippen LogP contribution in [-0.2, 0) is 6.54 Å². The predicted molar refractivity (Wildman–Crippen MR) is 98.3 cm³/mol. The standard InChI is InChI=1S/C20H22N4O/c1-15-12-23-24(14-15)11-3-9-22-20(25)18-6-4-17(5-7-18)19-8-10-21-13-16(19)2/h4-8,10,12-14H,3,9,11H2,1-2H3,(H,22,25). The lowest BCUT2D eigenvalue weighted by Crippen LogP contribution is -2.25. The molecule has 0 aliphatic carbocycles. The molecule has 0 aliphatic heterocycles. The Morgan fingerprint density at radius 1 is 1.12 bits per heavy atom. The molecule has 3 rings (SSSR count). The summed E-state index contributed by atoms with van der Waals surface area (Å²) >= 11 is 0. The molecule has 2 heterocycles. The van der Waals surface area contributed by atoms with Crippen LogP contribution in [-0.4, -0.2) is 27.2 Å². The van der Waals surface area contributed by atoms with E-state index in [2.05, 4.69) is 15.4 Å². The molecule has 1 aromatic carbocycles. The molecule has 0 aliphatic rings. The predicted octanol–water partition coefficient (Wildman–Crippen LogP) is 3.38. The number of hydrogen-bond donors (Lipinski definition) is 1. The molecule has 5 heteroatoms. The number of benzene rings is 1. The van der Waals surface area contributed by atoms with E-state index in [0.717, 1.165) is 35.2 Å². The van der Waals surface area contributed by atoms with Gasteiger partial charge in [-0.05, 0) is 60.7 Å². The van der Waals surface area contributed by atoms with Gasteiger partial charge in [0, 0.05) is 37.2 Å². The minimum atomic E-state index is -0.0466. The second kappa shape index (κ2) is 7.75. The molecule has 2 aromatic heterocycles. The summed E-state index contributed by atoms with van der Waals surface area (Å²) in [7, 11) is 0. The number of nitrogens with zero attached hydrogens (tertiary/aromatic N) is 3. The Kier molecular flexibility index (Phi) is 5.23. The first-order chi connectivity index (χ1) is 12.1. The highest BCUT2D eigenvalue weighted by molar-refractivity contribution is 5.94. The number of amides is 1. The van der Waals surface area contributed by atoms with E-state index in [0.29, 0.717) is 12.1 Å². The molecule has 0 spiro atoms. The van der Waals surface area contributed by atoms with Gasteiger partial charge in [-0.1, -0.05) is 12.1 Å². The van der Waals surface area contributed by atoms with Gasteiger partial charge in [-0.15, -0.1) is 0 Å². The molecule has 0 atom stereocenters. The van der Waals surface area contributed by atoms with Gasteiger partial charge in [0.1, 0.15) is 0 Å². The van der Waals surface area contributed by atoms with Gasteiger partial charge < -0.3 is 5.32 Å². The number of carbonyl (C=O) groups is 1. The van der Waals surface area contributed by atoms with E-state index >= 15 is 0 Å². The Bertz CT molecular complexity index is 852. The SMILES string of the molecule is Cc1cnn(CCCNC(=O)c2ccc(-c3ccncc3C)cc2)c1. The number of nitrogens with one attached hydrogen (secondary N) is 1. The molecule has 1 amide bonds. The van der Waals surface area contributed by atoms with Crippen molar-refractivity contribution in [2.45, 2.75) is 26.8 Å². The first kappa shape index (κ1) is 16.9. The van der Waals surface area contributed by atoms with Crippen molar-refractivity contribution in [3.05, 3.63) is 71.8 Å². The van der Waals surface area contributed by atoms with Crippen LogP contribution >= 0.6 is 0 Å². The zero-order valence-corrected chi connectivity index (χ0v) is 14.6. The van der Waals surface area contributed by atoms with Gasteiger partial charge in [0.05, 0.1) is 6.20 Å². The van der Waals surface area contributed by atoms with Gasteiger partial charge in [0.15, 0.2) is 0 Å². The van der Waals surface area contributed by atoms with Gasteiger partial charge in [-0.25, -0.2) is 0 Å². The smallest absolute Gasteiger partial charge is 0.251 e. The van der Waals surface area contributed by atoms with Crippen molar-refractivity contribution in [3.63, 3.8) is 0 Å². The molecule has 0 saturated heterocycles. The third kappa shape index (κ3) is 4.32. The molecule has 0 unspecified atom stereocenters. The number of rotatable bonds is 6. The molecule has 128 valence electrons. The first-order valence-electron chi connectivity index (χ1n) is 8.42. The highest BCUT2D eigenvalue weighted by atomic mass is 16.1. The van der Waals surface area contributed by atoms with E-state index in [1.807, 2.05) is 67.5 Å². The molecule has 25 heavy (non-hydrogen) atoms. The highest BCUT2D eigenvalue weighted by Gasteiger charge is 2.06. The molecule has 0 radical (unpaired) electrons. The third-order valence-electron chi connectivity index (χ3n) is 4.09. The number of carbonyl (C=O) groups excluding carboxylic acids is 1. The number of hydrogen-bond acceptors (Lipinski definition) is 3. The van der Waals surface area contributed by atoms with Gasteiger partial charge >= 0.3 is 0 Å². The lowest BCUT2D eigenvalue weighted by Gasteiger charge is -2.08. The number of pyridine rings is 1. The summed E-state index contributed by atoms with van der Waals surface area (Å²) in [6, 6.07) is 9.66. The Morgan fingerprint density at radius 3 is 2.60 bits per heavy atom. The van der Waals surface area contributed by atoms with Crippen molar-refractivity contribution in [2.24, 2.45) is 0 Å². The van der Waals surface area contributed by atoms with Crippen LogP contribution < -0.4 is 5.32 Å².